The van der Waals surface area contributed by atoms with Gasteiger partial charge in [-0.15, -0.1) is 0 Å². The predicted molar refractivity (Wildman–Crippen MR) is 153 cm³/mol. The molecule has 5 rings (SSSR count). The second-order valence-electron chi connectivity index (χ2n) is 9.55. The van der Waals surface area contributed by atoms with Crippen LogP contribution in [-0.4, -0.2) is 44.1 Å². The molecule has 4 atom stereocenters. The summed E-state index contributed by atoms with van der Waals surface area (Å²) in [5.74, 6) is 0. The molecule has 1 saturated heterocycles. The minimum atomic E-state index is -1.50. The first kappa shape index (κ1) is 28.9. The van der Waals surface area contributed by atoms with Gasteiger partial charge >= 0.3 is 0 Å². The van der Waals surface area contributed by atoms with Crippen LogP contribution in [0.15, 0.2) is 48.9 Å². The number of hydrogen-bond donors (Lipinski definition) is 1. The Bertz CT molecular complexity index is 1510. The zero-order valence-corrected chi connectivity index (χ0v) is 24.7. The quantitative estimate of drug-likeness (QED) is 0.204. The van der Waals surface area contributed by atoms with E-state index in [0.717, 1.165) is 16.7 Å². The van der Waals surface area contributed by atoms with Crippen molar-refractivity contribution in [1.29, 1.82) is 0 Å². The molecule has 2 aromatic heterocycles. The largest absolute Gasteiger partial charge is 0.383 e. The Kier molecular flexibility index (Phi) is 8.65. The van der Waals surface area contributed by atoms with E-state index in [9.17, 15) is 5.11 Å². The van der Waals surface area contributed by atoms with E-state index in [2.05, 4.69) is 9.97 Å². The molecule has 0 saturated carbocycles. The number of aliphatic hydroxyl groups is 1. The Balaban J connectivity index is 1.42. The minimum Gasteiger partial charge on any atom is -0.383 e. The molecule has 1 N–H and O–H groups in total. The summed E-state index contributed by atoms with van der Waals surface area (Å²) in [4.78, 5) is 8.49. The average Bonchev–Trinajstić information content (AvgIpc) is 3.33. The molecule has 12 heteroatoms. The molecule has 4 unspecified atom stereocenters. The Morgan fingerprint density at radius 1 is 0.974 bits per heavy atom. The number of benzene rings is 2. The minimum absolute atomic E-state index is 0.110. The highest BCUT2D eigenvalue weighted by Gasteiger charge is 2.55. The van der Waals surface area contributed by atoms with E-state index in [0.29, 0.717) is 36.3 Å². The molecule has 0 radical (unpaired) electrons. The molecular formula is C27H24Cl5N3O4. The highest BCUT2D eigenvalue weighted by atomic mass is 35.5. The van der Waals surface area contributed by atoms with Gasteiger partial charge in [0.15, 0.2) is 6.23 Å². The molecule has 39 heavy (non-hydrogen) atoms. The van der Waals surface area contributed by atoms with Crippen LogP contribution in [-0.2, 0) is 27.4 Å². The lowest BCUT2D eigenvalue weighted by atomic mass is 9.96. The molecule has 206 valence electrons. The highest BCUT2D eigenvalue weighted by Crippen LogP contribution is 2.43. The number of rotatable bonds is 8. The Morgan fingerprint density at radius 2 is 1.62 bits per heavy atom. The second-order valence-corrected chi connectivity index (χ2v) is 11.6. The van der Waals surface area contributed by atoms with Gasteiger partial charge in [0, 0.05) is 26.3 Å². The van der Waals surface area contributed by atoms with Crippen LogP contribution in [0.1, 0.15) is 29.8 Å². The summed E-state index contributed by atoms with van der Waals surface area (Å²) in [7, 11) is 0. The van der Waals surface area contributed by atoms with Crippen LogP contribution in [0.4, 0.5) is 0 Å². The molecule has 1 aliphatic heterocycles. The summed E-state index contributed by atoms with van der Waals surface area (Å²) in [6.07, 6.45) is 0.881. The van der Waals surface area contributed by atoms with Gasteiger partial charge in [-0.2, -0.15) is 0 Å². The van der Waals surface area contributed by atoms with Crippen LogP contribution >= 0.6 is 58.0 Å². The number of aryl methyl sites for hydroxylation is 1. The molecule has 1 aliphatic rings. The molecule has 0 aliphatic carbocycles. The summed E-state index contributed by atoms with van der Waals surface area (Å²) in [5, 5.41) is 14.9. The van der Waals surface area contributed by atoms with E-state index in [-0.39, 0.29) is 19.8 Å². The fourth-order valence-corrected chi connectivity index (χ4v) is 5.99. The van der Waals surface area contributed by atoms with Crippen molar-refractivity contribution in [3.05, 3.63) is 90.9 Å². The summed E-state index contributed by atoms with van der Waals surface area (Å²) in [6, 6.07) is 10.3. The normalized spacial score (nSPS) is 23.1. The van der Waals surface area contributed by atoms with Crippen LogP contribution in [0, 0.1) is 6.92 Å². The lowest BCUT2D eigenvalue weighted by Crippen LogP contribution is -2.46. The number of ether oxygens (including phenoxy) is 3. The van der Waals surface area contributed by atoms with Crippen molar-refractivity contribution < 1.29 is 19.3 Å². The average molecular weight is 632 g/mol. The van der Waals surface area contributed by atoms with Crippen molar-refractivity contribution in [2.75, 3.05) is 6.61 Å². The topological polar surface area (TPSA) is 78.6 Å². The van der Waals surface area contributed by atoms with Crippen LogP contribution in [0.2, 0.25) is 25.2 Å². The third-order valence-corrected chi connectivity index (χ3v) is 8.17. The highest BCUT2D eigenvalue weighted by molar-refractivity contribution is 6.35. The third-order valence-electron chi connectivity index (χ3n) is 6.71. The molecule has 3 heterocycles. The number of halogens is 5. The Morgan fingerprint density at radius 3 is 2.26 bits per heavy atom. The number of hydrogen-bond acceptors (Lipinski definition) is 6. The van der Waals surface area contributed by atoms with Gasteiger partial charge < -0.3 is 23.9 Å². The molecule has 0 bridgehead atoms. The summed E-state index contributed by atoms with van der Waals surface area (Å²) in [6.45, 7) is 3.99. The lowest BCUT2D eigenvalue weighted by Gasteiger charge is -2.30. The molecule has 4 aromatic rings. The van der Waals surface area contributed by atoms with E-state index in [1.807, 2.05) is 13.1 Å². The van der Waals surface area contributed by atoms with E-state index >= 15 is 0 Å². The number of nitrogens with zero attached hydrogens (tertiary/aromatic N) is 3. The molecular weight excluding hydrogens is 608 g/mol. The van der Waals surface area contributed by atoms with Gasteiger partial charge in [0.1, 0.15) is 34.9 Å². The molecule has 0 amide bonds. The van der Waals surface area contributed by atoms with Crippen LogP contribution < -0.4 is 0 Å². The van der Waals surface area contributed by atoms with Crippen molar-refractivity contribution in [1.82, 2.24) is 14.5 Å². The lowest BCUT2D eigenvalue weighted by molar-refractivity contribution is -0.114. The predicted octanol–water partition coefficient (Wildman–Crippen LogP) is 7.46. The molecule has 7 nitrogen and oxygen atoms in total. The SMILES string of the molecule is Cc1cn(C2OC(COCc3ccc(Cl)cc3Cl)C(OCc3ccc(Cl)cc3Cl)C2(C)O)c2ncnc(Cl)c12. The first-order valence-electron chi connectivity index (χ1n) is 12.0. The van der Waals surface area contributed by atoms with Gasteiger partial charge in [0.05, 0.1) is 25.2 Å². The maximum absolute atomic E-state index is 11.9. The van der Waals surface area contributed by atoms with Gasteiger partial charge in [-0.05, 0) is 54.8 Å². The van der Waals surface area contributed by atoms with E-state index < -0.39 is 24.0 Å². The fourth-order valence-electron chi connectivity index (χ4n) is 4.79. The van der Waals surface area contributed by atoms with Crippen LogP contribution in [0.5, 0.6) is 0 Å². The first-order valence-corrected chi connectivity index (χ1v) is 13.9. The van der Waals surface area contributed by atoms with E-state index in [1.54, 1.807) is 47.9 Å². The maximum atomic E-state index is 11.9. The van der Waals surface area contributed by atoms with Gasteiger partial charge in [-0.1, -0.05) is 70.1 Å². The summed E-state index contributed by atoms with van der Waals surface area (Å²) in [5.41, 5.74) is 1.37. The maximum Gasteiger partial charge on any atom is 0.167 e. The van der Waals surface area contributed by atoms with Crippen molar-refractivity contribution in [3.8, 4) is 0 Å². The summed E-state index contributed by atoms with van der Waals surface area (Å²) < 4.78 is 20.4. The smallest absolute Gasteiger partial charge is 0.167 e. The zero-order valence-electron chi connectivity index (χ0n) is 20.9. The second kappa shape index (κ2) is 11.7. The molecule has 1 fully saturated rings. The zero-order chi connectivity index (χ0) is 27.9. The van der Waals surface area contributed by atoms with Crippen molar-refractivity contribution in [2.45, 2.75) is 51.1 Å². The standard InChI is InChI=1S/C27H24Cl5N3O4/c1-14-9-35(25-22(14)24(32)33-13-34-25)26-27(2,36)23(38-11-16-4-6-18(29)8-20(16)31)21(39-26)12-37-10-15-3-5-17(28)7-19(15)30/h3-9,13,21,23,26,36H,10-12H2,1-2H3. The number of fused-ring (bicyclic) bond motifs is 1. The Labute approximate surface area is 250 Å². The van der Waals surface area contributed by atoms with Gasteiger partial charge in [0.25, 0.3) is 0 Å². The Hall–Kier alpha value is -1.65. The van der Waals surface area contributed by atoms with Crippen molar-refractivity contribution >= 4 is 69.0 Å². The van der Waals surface area contributed by atoms with E-state index in [4.69, 9.17) is 72.2 Å². The molecule has 0 spiro atoms. The van der Waals surface area contributed by atoms with E-state index in [1.165, 1.54) is 6.33 Å². The van der Waals surface area contributed by atoms with Crippen LogP contribution in [0.25, 0.3) is 11.0 Å². The van der Waals surface area contributed by atoms with Gasteiger partial charge in [-0.3, -0.25) is 0 Å². The summed E-state index contributed by atoms with van der Waals surface area (Å²) >= 11 is 31.1. The van der Waals surface area contributed by atoms with Crippen molar-refractivity contribution in [2.24, 2.45) is 0 Å². The fraction of sp³-hybridized carbons (Fsp3) is 0.333. The first-order chi connectivity index (χ1) is 18.6. The van der Waals surface area contributed by atoms with Crippen molar-refractivity contribution in [3.63, 3.8) is 0 Å². The molecule has 2 aromatic carbocycles. The number of aromatic nitrogens is 3. The van der Waals surface area contributed by atoms with Gasteiger partial charge in [0.2, 0.25) is 0 Å². The van der Waals surface area contributed by atoms with Crippen LogP contribution in [0.3, 0.4) is 0 Å². The monoisotopic (exact) mass is 629 g/mol. The van der Waals surface area contributed by atoms with Gasteiger partial charge in [-0.25, -0.2) is 9.97 Å². The third kappa shape index (κ3) is 5.89.